The summed E-state index contributed by atoms with van der Waals surface area (Å²) in [6.45, 7) is 4.13. The lowest BCUT2D eigenvalue weighted by Crippen LogP contribution is -2.50. The SMILES string of the molecule is COc1ccc(N(CCCC(=O)N(Cc2ccccc2C)C(C)C(=O)NC2CCCCC2)S(C)(=O)=O)cc1Cl. The Bertz CT molecular complexity index is 1250. The molecule has 2 amide bonds. The van der Waals surface area contributed by atoms with Crippen molar-refractivity contribution in [2.75, 3.05) is 24.2 Å². The summed E-state index contributed by atoms with van der Waals surface area (Å²) in [6, 6.07) is 12.0. The Hall–Kier alpha value is -2.78. The lowest BCUT2D eigenvalue weighted by Gasteiger charge is -2.32. The zero-order valence-corrected chi connectivity index (χ0v) is 24.9. The summed E-state index contributed by atoms with van der Waals surface area (Å²) in [5, 5.41) is 3.44. The van der Waals surface area contributed by atoms with Crippen LogP contribution in [0.4, 0.5) is 5.69 Å². The van der Waals surface area contributed by atoms with Gasteiger partial charge in [0.2, 0.25) is 21.8 Å². The van der Waals surface area contributed by atoms with E-state index in [1.165, 1.54) is 23.9 Å². The number of hydrogen-bond acceptors (Lipinski definition) is 5. The maximum absolute atomic E-state index is 13.5. The van der Waals surface area contributed by atoms with Gasteiger partial charge in [0.1, 0.15) is 11.8 Å². The summed E-state index contributed by atoms with van der Waals surface area (Å²) >= 11 is 6.23. The van der Waals surface area contributed by atoms with E-state index in [-0.39, 0.29) is 37.2 Å². The van der Waals surface area contributed by atoms with Crippen molar-refractivity contribution < 1.29 is 22.7 Å². The number of carbonyl (C=O) groups excluding carboxylic acids is 2. The summed E-state index contributed by atoms with van der Waals surface area (Å²) in [7, 11) is -2.14. The van der Waals surface area contributed by atoms with Crippen LogP contribution >= 0.6 is 11.6 Å². The molecule has 1 unspecified atom stereocenters. The molecule has 3 rings (SSSR count). The number of aryl methyl sites for hydroxylation is 1. The number of carbonyl (C=O) groups is 2. The number of hydrogen-bond donors (Lipinski definition) is 1. The monoisotopic (exact) mass is 577 g/mol. The number of nitrogens with one attached hydrogen (secondary N) is 1. The second-order valence-electron chi connectivity index (χ2n) is 10.2. The molecule has 1 aliphatic carbocycles. The van der Waals surface area contributed by atoms with E-state index in [9.17, 15) is 18.0 Å². The van der Waals surface area contributed by atoms with Gasteiger partial charge in [-0.3, -0.25) is 13.9 Å². The first kappa shape index (κ1) is 30.8. The van der Waals surface area contributed by atoms with Gasteiger partial charge in [-0.15, -0.1) is 0 Å². The third-order valence-electron chi connectivity index (χ3n) is 7.30. The number of benzene rings is 2. The van der Waals surface area contributed by atoms with E-state index < -0.39 is 16.1 Å². The fourth-order valence-electron chi connectivity index (χ4n) is 4.94. The van der Waals surface area contributed by atoms with Crippen LogP contribution in [0.1, 0.15) is 63.0 Å². The third kappa shape index (κ3) is 8.60. The molecule has 39 heavy (non-hydrogen) atoms. The van der Waals surface area contributed by atoms with Gasteiger partial charge in [0.15, 0.2) is 0 Å². The highest BCUT2D eigenvalue weighted by atomic mass is 35.5. The molecule has 0 saturated heterocycles. The number of rotatable bonds is 12. The highest BCUT2D eigenvalue weighted by molar-refractivity contribution is 7.92. The average molecular weight is 578 g/mol. The van der Waals surface area contributed by atoms with E-state index in [4.69, 9.17) is 16.3 Å². The van der Waals surface area contributed by atoms with Crippen LogP contribution in [0.2, 0.25) is 5.02 Å². The van der Waals surface area contributed by atoms with Crippen molar-refractivity contribution in [1.82, 2.24) is 10.2 Å². The summed E-state index contributed by atoms with van der Waals surface area (Å²) in [5.74, 6) is 0.0802. The number of amides is 2. The molecule has 0 heterocycles. The first-order valence-electron chi connectivity index (χ1n) is 13.5. The molecule has 214 valence electrons. The smallest absolute Gasteiger partial charge is 0.242 e. The largest absolute Gasteiger partial charge is 0.495 e. The van der Waals surface area contributed by atoms with Crippen molar-refractivity contribution in [3.63, 3.8) is 0 Å². The van der Waals surface area contributed by atoms with Crippen LogP contribution in [0.25, 0.3) is 0 Å². The number of nitrogens with zero attached hydrogens (tertiary/aromatic N) is 2. The molecule has 8 nitrogen and oxygen atoms in total. The Balaban J connectivity index is 1.74. The van der Waals surface area contributed by atoms with Gasteiger partial charge >= 0.3 is 0 Å². The molecule has 1 N–H and O–H groups in total. The Labute approximate surface area is 237 Å². The highest BCUT2D eigenvalue weighted by Crippen LogP contribution is 2.30. The molecule has 1 atom stereocenters. The molecule has 1 fully saturated rings. The van der Waals surface area contributed by atoms with Gasteiger partial charge in [-0.25, -0.2) is 8.42 Å². The van der Waals surface area contributed by atoms with Crippen LogP contribution < -0.4 is 14.4 Å². The predicted octanol–water partition coefficient (Wildman–Crippen LogP) is 5.07. The van der Waals surface area contributed by atoms with Crippen LogP contribution in [0.3, 0.4) is 0 Å². The zero-order valence-electron chi connectivity index (χ0n) is 23.3. The average Bonchev–Trinajstić information content (AvgIpc) is 2.90. The van der Waals surface area contributed by atoms with Gasteiger partial charge in [0.05, 0.1) is 24.1 Å². The fraction of sp³-hybridized carbons (Fsp3) is 0.517. The lowest BCUT2D eigenvalue weighted by molar-refractivity contribution is -0.141. The fourth-order valence-corrected chi connectivity index (χ4v) is 6.15. The minimum Gasteiger partial charge on any atom is -0.495 e. The van der Waals surface area contributed by atoms with Crippen molar-refractivity contribution >= 4 is 39.1 Å². The van der Waals surface area contributed by atoms with Crippen molar-refractivity contribution in [2.45, 2.75) is 77.4 Å². The zero-order chi connectivity index (χ0) is 28.6. The van der Waals surface area contributed by atoms with E-state index in [0.717, 1.165) is 43.1 Å². The summed E-state index contributed by atoms with van der Waals surface area (Å²) in [4.78, 5) is 28.3. The van der Waals surface area contributed by atoms with E-state index in [1.54, 1.807) is 24.0 Å². The molecular formula is C29H40ClN3O5S. The summed E-state index contributed by atoms with van der Waals surface area (Å²) in [6.07, 6.45) is 6.78. The van der Waals surface area contributed by atoms with Crippen LogP contribution in [-0.2, 0) is 26.2 Å². The minimum absolute atomic E-state index is 0.0861. The molecule has 0 aromatic heterocycles. The van der Waals surface area contributed by atoms with E-state index >= 15 is 0 Å². The van der Waals surface area contributed by atoms with Crippen LogP contribution in [0.15, 0.2) is 42.5 Å². The summed E-state index contributed by atoms with van der Waals surface area (Å²) < 4.78 is 31.6. The maximum Gasteiger partial charge on any atom is 0.242 e. The number of sulfonamides is 1. The van der Waals surface area contributed by atoms with Crippen molar-refractivity contribution in [3.8, 4) is 5.75 Å². The van der Waals surface area contributed by atoms with Gasteiger partial charge < -0.3 is 15.0 Å². The number of ether oxygens (including phenoxy) is 1. The molecule has 2 aromatic carbocycles. The molecule has 2 aromatic rings. The van der Waals surface area contributed by atoms with E-state index in [0.29, 0.717) is 23.0 Å². The quantitative estimate of drug-likeness (QED) is 0.380. The van der Waals surface area contributed by atoms with Crippen LogP contribution in [0, 0.1) is 6.92 Å². The Morgan fingerprint density at radius 1 is 1.13 bits per heavy atom. The molecular weight excluding hydrogens is 538 g/mol. The Kier molecular flexibility index (Phi) is 11.1. The second-order valence-corrected chi connectivity index (χ2v) is 12.5. The van der Waals surface area contributed by atoms with E-state index in [1.807, 2.05) is 31.2 Å². The molecule has 0 aliphatic heterocycles. The van der Waals surface area contributed by atoms with Gasteiger partial charge in [0, 0.05) is 25.6 Å². The minimum atomic E-state index is -3.63. The maximum atomic E-state index is 13.5. The first-order chi connectivity index (χ1) is 18.5. The van der Waals surface area contributed by atoms with Crippen molar-refractivity contribution in [2.24, 2.45) is 0 Å². The second kappa shape index (κ2) is 14.0. The van der Waals surface area contributed by atoms with Crippen LogP contribution in [-0.4, -0.2) is 57.1 Å². The Morgan fingerprint density at radius 2 is 1.82 bits per heavy atom. The van der Waals surface area contributed by atoms with Gasteiger partial charge in [-0.1, -0.05) is 55.1 Å². The van der Waals surface area contributed by atoms with E-state index in [2.05, 4.69) is 5.32 Å². The first-order valence-corrected chi connectivity index (χ1v) is 15.7. The lowest BCUT2D eigenvalue weighted by atomic mass is 9.95. The van der Waals surface area contributed by atoms with Crippen LogP contribution in [0.5, 0.6) is 5.75 Å². The van der Waals surface area contributed by atoms with Gasteiger partial charge in [-0.2, -0.15) is 0 Å². The topological polar surface area (TPSA) is 96.0 Å². The number of halogens is 1. The van der Waals surface area contributed by atoms with Gasteiger partial charge in [-0.05, 0) is 62.4 Å². The van der Waals surface area contributed by atoms with Gasteiger partial charge in [0.25, 0.3) is 0 Å². The Morgan fingerprint density at radius 3 is 2.44 bits per heavy atom. The molecule has 10 heteroatoms. The highest BCUT2D eigenvalue weighted by Gasteiger charge is 2.29. The molecule has 1 aliphatic rings. The standard InChI is InChI=1S/C29H40ClN3O5S/c1-21-11-8-9-12-23(21)20-32(22(2)29(35)31-24-13-6-5-7-14-24)28(34)15-10-18-33(39(4,36)37)25-16-17-27(38-3)26(30)19-25/h8-9,11-12,16-17,19,22,24H,5-7,10,13-15,18,20H2,1-4H3,(H,31,35). The van der Waals surface area contributed by atoms with Crippen molar-refractivity contribution in [1.29, 1.82) is 0 Å². The summed E-state index contributed by atoms with van der Waals surface area (Å²) in [5.41, 5.74) is 2.40. The number of methoxy groups -OCH3 is 1. The normalized spacial score (nSPS) is 14.9. The molecule has 0 bridgehead atoms. The molecule has 0 radical (unpaired) electrons. The molecule has 0 spiro atoms. The molecule has 1 saturated carbocycles. The number of anilines is 1. The predicted molar refractivity (Wildman–Crippen MR) is 156 cm³/mol. The van der Waals surface area contributed by atoms with Crippen molar-refractivity contribution in [3.05, 3.63) is 58.6 Å². The third-order valence-corrected chi connectivity index (χ3v) is 8.79.